The number of nitrogens with zero attached hydrogens (tertiary/aromatic N) is 2. The number of hydrogen-bond donors (Lipinski definition) is 1. The fourth-order valence-electron chi connectivity index (χ4n) is 1.71. The number of hydrogen-bond acceptors (Lipinski definition) is 2. The van der Waals surface area contributed by atoms with E-state index in [2.05, 4.69) is 5.10 Å². The van der Waals surface area contributed by atoms with Crippen LogP contribution in [0.3, 0.4) is 0 Å². The van der Waals surface area contributed by atoms with Crippen molar-refractivity contribution in [1.82, 2.24) is 9.78 Å². The SMILES string of the molecule is CCn1cc(C(O)Cc2ccccc2Cl)cn1. The third kappa shape index (κ3) is 2.87. The molecule has 0 saturated heterocycles. The van der Waals surface area contributed by atoms with Gasteiger partial charge in [0.1, 0.15) is 0 Å². The third-order valence-electron chi connectivity index (χ3n) is 2.73. The average Bonchev–Trinajstić information content (AvgIpc) is 2.81. The van der Waals surface area contributed by atoms with Crippen LogP contribution < -0.4 is 0 Å². The van der Waals surface area contributed by atoms with Gasteiger partial charge in [-0.1, -0.05) is 29.8 Å². The lowest BCUT2D eigenvalue weighted by Gasteiger charge is -2.09. The molecule has 1 heterocycles. The van der Waals surface area contributed by atoms with Crippen LogP contribution in [0.4, 0.5) is 0 Å². The minimum Gasteiger partial charge on any atom is -0.388 e. The normalized spacial score (nSPS) is 12.6. The molecule has 0 saturated carbocycles. The van der Waals surface area contributed by atoms with Crippen LogP contribution in [0.2, 0.25) is 5.02 Å². The molecule has 90 valence electrons. The van der Waals surface area contributed by atoms with Gasteiger partial charge < -0.3 is 5.11 Å². The standard InChI is InChI=1S/C13H15ClN2O/c1-2-16-9-11(8-15-16)13(17)7-10-5-3-4-6-12(10)14/h3-6,8-9,13,17H,2,7H2,1H3. The van der Waals surface area contributed by atoms with Crippen LogP contribution in [-0.2, 0) is 13.0 Å². The minimum atomic E-state index is -0.560. The number of aryl methyl sites for hydroxylation is 1. The molecule has 0 radical (unpaired) electrons. The summed E-state index contributed by atoms with van der Waals surface area (Å²) in [5, 5.41) is 14.9. The molecule has 4 heteroatoms. The van der Waals surface area contributed by atoms with E-state index in [9.17, 15) is 5.11 Å². The van der Waals surface area contributed by atoms with E-state index in [0.29, 0.717) is 11.4 Å². The van der Waals surface area contributed by atoms with Gasteiger partial charge in [-0.3, -0.25) is 4.68 Å². The summed E-state index contributed by atoms with van der Waals surface area (Å²) in [7, 11) is 0. The van der Waals surface area contributed by atoms with Crippen molar-refractivity contribution in [1.29, 1.82) is 0 Å². The van der Waals surface area contributed by atoms with Crippen molar-refractivity contribution in [3.63, 3.8) is 0 Å². The van der Waals surface area contributed by atoms with Gasteiger partial charge in [-0.2, -0.15) is 5.10 Å². The predicted molar refractivity (Wildman–Crippen MR) is 68.0 cm³/mol. The Bertz CT molecular complexity index is 496. The van der Waals surface area contributed by atoms with Gasteiger partial charge in [0.05, 0.1) is 12.3 Å². The first kappa shape index (κ1) is 12.1. The maximum absolute atomic E-state index is 10.1. The van der Waals surface area contributed by atoms with Crippen LogP contribution in [-0.4, -0.2) is 14.9 Å². The van der Waals surface area contributed by atoms with Crippen LogP contribution in [0, 0.1) is 0 Å². The molecular weight excluding hydrogens is 236 g/mol. The highest BCUT2D eigenvalue weighted by Gasteiger charge is 2.12. The maximum Gasteiger partial charge on any atom is 0.0861 e. The Labute approximate surface area is 106 Å². The molecule has 0 aliphatic rings. The van der Waals surface area contributed by atoms with E-state index in [4.69, 9.17) is 11.6 Å². The Morgan fingerprint density at radius 3 is 2.82 bits per heavy atom. The van der Waals surface area contributed by atoms with Gasteiger partial charge in [-0.25, -0.2) is 0 Å². The van der Waals surface area contributed by atoms with E-state index in [-0.39, 0.29) is 0 Å². The van der Waals surface area contributed by atoms with E-state index < -0.39 is 6.10 Å². The summed E-state index contributed by atoms with van der Waals surface area (Å²) in [6.07, 6.45) is 3.51. The number of aliphatic hydroxyl groups is 1. The van der Waals surface area contributed by atoms with Crippen LogP contribution in [0.15, 0.2) is 36.7 Å². The molecular formula is C13H15ClN2O. The molecule has 3 nitrogen and oxygen atoms in total. The van der Waals surface area contributed by atoms with E-state index in [1.807, 2.05) is 37.4 Å². The van der Waals surface area contributed by atoms with E-state index >= 15 is 0 Å². The molecule has 1 aromatic carbocycles. The van der Waals surface area contributed by atoms with Gasteiger partial charge in [0, 0.05) is 29.7 Å². The molecule has 0 spiro atoms. The van der Waals surface area contributed by atoms with Crippen molar-refractivity contribution in [2.24, 2.45) is 0 Å². The topological polar surface area (TPSA) is 38.0 Å². The van der Waals surface area contributed by atoms with Crippen molar-refractivity contribution in [3.05, 3.63) is 52.8 Å². The second-order valence-electron chi connectivity index (χ2n) is 3.94. The summed E-state index contributed by atoms with van der Waals surface area (Å²) in [4.78, 5) is 0. The quantitative estimate of drug-likeness (QED) is 0.906. The molecule has 0 aliphatic carbocycles. The van der Waals surface area contributed by atoms with Crippen molar-refractivity contribution >= 4 is 11.6 Å². The summed E-state index contributed by atoms with van der Waals surface area (Å²) >= 11 is 6.06. The first-order chi connectivity index (χ1) is 8.20. The summed E-state index contributed by atoms with van der Waals surface area (Å²) in [5.74, 6) is 0. The molecule has 17 heavy (non-hydrogen) atoms. The number of aromatic nitrogens is 2. The highest BCUT2D eigenvalue weighted by Crippen LogP contribution is 2.22. The Morgan fingerprint density at radius 1 is 1.41 bits per heavy atom. The molecule has 1 aromatic heterocycles. The van der Waals surface area contributed by atoms with Gasteiger partial charge >= 0.3 is 0 Å². The van der Waals surface area contributed by atoms with Gasteiger partial charge in [-0.05, 0) is 18.6 Å². The second kappa shape index (κ2) is 5.34. The van der Waals surface area contributed by atoms with Gasteiger partial charge in [-0.15, -0.1) is 0 Å². The largest absolute Gasteiger partial charge is 0.388 e. The zero-order chi connectivity index (χ0) is 12.3. The zero-order valence-corrected chi connectivity index (χ0v) is 10.4. The van der Waals surface area contributed by atoms with Crippen LogP contribution in [0.1, 0.15) is 24.2 Å². The lowest BCUT2D eigenvalue weighted by Crippen LogP contribution is -2.01. The minimum absolute atomic E-state index is 0.509. The molecule has 1 N–H and O–H groups in total. The van der Waals surface area contributed by atoms with Crippen molar-refractivity contribution in [2.75, 3.05) is 0 Å². The Hall–Kier alpha value is -1.32. The van der Waals surface area contributed by atoms with Gasteiger partial charge in [0.25, 0.3) is 0 Å². The molecule has 0 fully saturated rings. The maximum atomic E-state index is 10.1. The van der Waals surface area contributed by atoms with E-state index in [1.54, 1.807) is 10.9 Å². The fraction of sp³-hybridized carbons (Fsp3) is 0.308. The van der Waals surface area contributed by atoms with E-state index in [0.717, 1.165) is 17.7 Å². The lowest BCUT2D eigenvalue weighted by atomic mass is 10.0. The number of benzene rings is 1. The Morgan fingerprint density at radius 2 is 2.18 bits per heavy atom. The summed E-state index contributed by atoms with van der Waals surface area (Å²) in [5.41, 5.74) is 1.78. The highest BCUT2D eigenvalue weighted by molar-refractivity contribution is 6.31. The molecule has 1 unspecified atom stereocenters. The van der Waals surface area contributed by atoms with Crippen molar-refractivity contribution in [3.8, 4) is 0 Å². The first-order valence-electron chi connectivity index (χ1n) is 5.64. The monoisotopic (exact) mass is 250 g/mol. The molecule has 0 bridgehead atoms. The second-order valence-corrected chi connectivity index (χ2v) is 4.35. The molecule has 0 amide bonds. The smallest absolute Gasteiger partial charge is 0.0861 e. The van der Waals surface area contributed by atoms with Gasteiger partial charge in [0.15, 0.2) is 0 Å². The van der Waals surface area contributed by atoms with E-state index in [1.165, 1.54) is 0 Å². The molecule has 0 aliphatic heterocycles. The number of aliphatic hydroxyl groups excluding tert-OH is 1. The summed E-state index contributed by atoms with van der Waals surface area (Å²) in [6, 6.07) is 7.56. The average molecular weight is 251 g/mol. The number of rotatable bonds is 4. The zero-order valence-electron chi connectivity index (χ0n) is 9.68. The number of halogens is 1. The fourth-order valence-corrected chi connectivity index (χ4v) is 1.93. The molecule has 1 atom stereocenters. The molecule has 2 aromatic rings. The van der Waals surface area contributed by atoms with Crippen LogP contribution in [0.25, 0.3) is 0 Å². The predicted octanol–water partition coefficient (Wildman–Crippen LogP) is 2.83. The van der Waals surface area contributed by atoms with Crippen molar-refractivity contribution in [2.45, 2.75) is 26.0 Å². The third-order valence-corrected chi connectivity index (χ3v) is 3.10. The molecule has 2 rings (SSSR count). The summed E-state index contributed by atoms with van der Waals surface area (Å²) in [6.45, 7) is 2.82. The summed E-state index contributed by atoms with van der Waals surface area (Å²) < 4.78 is 1.80. The van der Waals surface area contributed by atoms with Gasteiger partial charge in [0.2, 0.25) is 0 Å². The van der Waals surface area contributed by atoms with Crippen LogP contribution in [0.5, 0.6) is 0 Å². The van der Waals surface area contributed by atoms with Crippen molar-refractivity contribution < 1.29 is 5.11 Å². The highest BCUT2D eigenvalue weighted by atomic mass is 35.5. The van der Waals surface area contributed by atoms with Crippen LogP contribution >= 0.6 is 11.6 Å². The Kier molecular flexibility index (Phi) is 3.82. The first-order valence-corrected chi connectivity index (χ1v) is 6.02. The lowest BCUT2D eigenvalue weighted by molar-refractivity contribution is 0.178. The Balaban J connectivity index is 2.11.